The molecule has 0 heterocycles. The summed E-state index contributed by atoms with van der Waals surface area (Å²) in [6.45, 7) is 1.43. The van der Waals surface area contributed by atoms with E-state index in [0.29, 0.717) is 19.8 Å². The molecule has 3 heteroatoms. The molecule has 0 unspecified atom stereocenters. The molecule has 0 fully saturated rings. The maximum Gasteiger partial charge on any atom is 0.123 e. The standard InChI is InChI=1S/C37H34O3/c1-3-7-31(8-4-1)25-38-35-21-33(22-36(24-35)39-26-32-9-5-2-6-10-32)27-40-37-23-30-16-15-28-11-13-29(14-12-28)17-19-34(37)20-18-30/h1-14,18,20-24H,15-17,19,25-27H2. The number of hydrogen-bond donors (Lipinski definition) is 0. The Labute approximate surface area is 237 Å². The van der Waals surface area contributed by atoms with Crippen LogP contribution in [0, 0.1) is 0 Å². The summed E-state index contributed by atoms with van der Waals surface area (Å²) in [5, 5.41) is 0. The van der Waals surface area contributed by atoms with Crippen molar-refractivity contribution in [3.8, 4) is 17.2 Å². The number of ether oxygens (including phenoxy) is 3. The van der Waals surface area contributed by atoms with E-state index in [4.69, 9.17) is 14.2 Å². The molecule has 0 aliphatic heterocycles. The molecule has 0 amide bonds. The Bertz CT molecular complexity index is 1460. The molecule has 5 aromatic carbocycles. The topological polar surface area (TPSA) is 27.7 Å². The zero-order chi connectivity index (χ0) is 27.0. The fourth-order valence-corrected chi connectivity index (χ4v) is 5.06. The smallest absolute Gasteiger partial charge is 0.123 e. The number of aryl methyl sites for hydroxylation is 4. The van der Waals surface area contributed by atoms with Crippen LogP contribution in [0.4, 0.5) is 0 Å². The summed E-state index contributed by atoms with van der Waals surface area (Å²) >= 11 is 0. The van der Waals surface area contributed by atoms with Crippen LogP contribution in [0.25, 0.3) is 0 Å². The highest BCUT2D eigenvalue weighted by molar-refractivity contribution is 5.42. The molecule has 4 bridgehead atoms. The third-order valence-corrected chi connectivity index (χ3v) is 7.37. The van der Waals surface area contributed by atoms with Gasteiger partial charge in [0.15, 0.2) is 0 Å². The number of rotatable bonds is 9. The molecule has 0 spiro atoms. The summed E-state index contributed by atoms with van der Waals surface area (Å²) in [5.74, 6) is 2.51. The number of benzene rings is 5. The predicted octanol–water partition coefficient (Wildman–Crippen LogP) is 8.31. The first kappa shape index (κ1) is 25.8. The quantitative estimate of drug-likeness (QED) is 0.193. The second-order valence-corrected chi connectivity index (χ2v) is 10.4. The second-order valence-electron chi connectivity index (χ2n) is 10.4. The molecule has 40 heavy (non-hydrogen) atoms. The lowest BCUT2D eigenvalue weighted by molar-refractivity contribution is 0.281. The van der Waals surface area contributed by atoms with Crippen molar-refractivity contribution in [1.82, 2.24) is 0 Å². The SMILES string of the molecule is c1ccc(COc2cc(COc3cc4ccc3CCc3ccc(cc3)CC4)cc(OCc3ccccc3)c2)cc1. The molecule has 0 radical (unpaired) electrons. The zero-order valence-corrected chi connectivity index (χ0v) is 22.7. The van der Waals surface area contributed by atoms with E-state index in [1.807, 2.05) is 42.5 Å². The fourth-order valence-electron chi connectivity index (χ4n) is 5.06. The van der Waals surface area contributed by atoms with E-state index in [2.05, 4.69) is 78.9 Å². The van der Waals surface area contributed by atoms with E-state index in [1.54, 1.807) is 0 Å². The third-order valence-electron chi connectivity index (χ3n) is 7.37. The molecule has 0 N–H and O–H groups in total. The average molecular weight is 527 g/mol. The lowest BCUT2D eigenvalue weighted by Crippen LogP contribution is -2.04. The first-order valence-corrected chi connectivity index (χ1v) is 14.1. The molecule has 4 aliphatic rings. The lowest BCUT2D eigenvalue weighted by Gasteiger charge is -2.17. The average Bonchev–Trinajstić information content (AvgIpc) is 3.00. The minimum Gasteiger partial charge on any atom is -0.489 e. The molecule has 4 aliphatic carbocycles. The van der Waals surface area contributed by atoms with Gasteiger partial charge >= 0.3 is 0 Å². The molecule has 0 saturated heterocycles. The van der Waals surface area contributed by atoms with Gasteiger partial charge in [-0.1, -0.05) is 97.1 Å². The van der Waals surface area contributed by atoms with Crippen LogP contribution >= 0.6 is 0 Å². The largest absolute Gasteiger partial charge is 0.489 e. The van der Waals surface area contributed by atoms with Crippen LogP contribution in [0.5, 0.6) is 17.2 Å². The van der Waals surface area contributed by atoms with Gasteiger partial charge in [-0.15, -0.1) is 0 Å². The van der Waals surface area contributed by atoms with Gasteiger partial charge < -0.3 is 14.2 Å². The Hall–Kier alpha value is -4.50. The summed E-state index contributed by atoms with van der Waals surface area (Å²) in [4.78, 5) is 0. The van der Waals surface area contributed by atoms with Gasteiger partial charge in [-0.2, -0.15) is 0 Å². The lowest BCUT2D eigenvalue weighted by atomic mass is 9.96. The van der Waals surface area contributed by atoms with Crippen molar-refractivity contribution in [2.24, 2.45) is 0 Å². The van der Waals surface area contributed by atoms with Crippen molar-refractivity contribution < 1.29 is 14.2 Å². The van der Waals surface area contributed by atoms with Gasteiger partial charge in [-0.25, -0.2) is 0 Å². The van der Waals surface area contributed by atoms with Crippen molar-refractivity contribution in [2.45, 2.75) is 45.5 Å². The summed E-state index contributed by atoms with van der Waals surface area (Å²) in [6.07, 6.45) is 3.97. The van der Waals surface area contributed by atoms with Gasteiger partial charge in [-0.05, 0) is 82.8 Å². The summed E-state index contributed by atoms with van der Waals surface area (Å²) < 4.78 is 18.9. The highest BCUT2D eigenvalue weighted by atomic mass is 16.5. The molecular weight excluding hydrogens is 492 g/mol. The van der Waals surface area contributed by atoms with Crippen LogP contribution in [0.1, 0.15) is 38.9 Å². The van der Waals surface area contributed by atoms with Gasteiger partial charge in [0, 0.05) is 6.07 Å². The van der Waals surface area contributed by atoms with Crippen LogP contribution in [0.3, 0.4) is 0 Å². The van der Waals surface area contributed by atoms with E-state index in [9.17, 15) is 0 Å². The first-order valence-electron chi connectivity index (χ1n) is 14.1. The molecule has 0 saturated carbocycles. The van der Waals surface area contributed by atoms with Crippen LogP contribution in [-0.2, 0) is 45.5 Å². The van der Waals surface area contributed by atoms with E-state index in [-0.39, 0.29) is 0 Å². The van der Waals surface area contributed by atoms with Crippen LogP contribution in [0.2, 0.25) is 0 Å². The molecule has 5 aromatic rings. The summed E-state index contributed by atoms with van der Waals surface area (Å²) in [7, 11) is 0. The molecule has 0 atom stereocenters. The van der Waals surface area contributed by atoms with Gasteiger partial charge in [-0.3, -0.25) is 0 Å². The molecule has 0 aromatic heterocycles. The normalized spacial score (nSPS) is 12.4. The van der Waals surface area contributed by atoms with E-state index < -0.39 is 0 Å². The van der Waals surface area contributed by atoms with Gasteiger partial charge in [0.2, 0.25) is 0 Å². The molecule has 3 nitrogen and oxygen atoms in total. The summed E-state index contributed by atoms with van der Waals surface area (Å²) in [6, 6.07) is 42.3. The van der Waals surface area contributed by atoms with E-state index in [0.717, 1.165) is 59.6 Å². The Morgan fingerprint density at radius 1 is 0.400 bits per heavy atom. The summed E-state index contributed by atoms with van der Waals surface area (Å²) in [5.41, 5.74) is 8.55. The minimum absolute atomic E-state index is 0.439. The fraction of sp³-hybridized carbons (Fsp3) is 0.189. The van der Waals surface area contributed by atoms with Crippen LogP contribution in [0.15, 0.2) is 121 Å². The van der Waals surface area contributed by atoms with Crippen molar-refractivity contribution in [3.63, 3.8) is 0 Å². The molecule has 9 rings (SSSR count). The van der Waals surface area contributed by atoms with Crippen molar-refractivity contribution in [1.29, 1.82) is 0 Å². The molecular formula is C37H34O3. The van der Waals surface area contributed by atoms with Gasteiger partial charge in [0.25, 0.3) is 0 Å². The Balaban J connectivity index is 1.21. The highest BCUT2D eigenvalue weighted by Crippen LogP contribution is 2.29. The van der Waals surface area contributed by atoms with E-state index in [1.165, 1.54) is 22.3 Å². The van der Waals surface area contributed by atoms with Crippen LogP contribution in [-0.4, -0.2) is 0 Å². The highest BCUT2D eigenvalue weighted by Gasteiger charge is 2.11. The Morgan fingerprint density at radius 3 is 1.50 bits per heavy atom. The maximum absolute atomic E-state index is 6.51. The van der Waals surface area contributed by atoms with Crippen LogP contribution < -0.4 is 14.2 Å². The number of hydrogen-bond acceptors (Lipinski definition) is 3. The minimum atomic E-state index is 0.439. The Morgan fingerprint density at radius 2 is 0.900 bits per heavy atom. The maximum atomic E-state index is 6.51. The third kappa shape index (κ3) is 6.92. The predicted molar refractivity (Wildman–Crippen MR) is 160 cm³/mol. The molecule has 200 valence electrons. The van der Waals surface area contributed by atoms with Crippen molar-refractivity contribution in [3.05, 3.63) is 160 Å². The van der Waals surface area contributed by atoms with Crippen molar-refractivity contribution in [2.75, 3.05) is 0 Å². The van der Waals surface area contributed by atoms with E-state index >= 15 is 0 Å². The van der Waals surface area contributed by atoms with Gasteiger partial charge in [0.05, 0.1) is 0 Å². The van der Waals surface area contributed by atoms with Gasteiger partial charge in [0.1, 0.15) is 37.1 Å². The zero-order valence-electron chi connectivity index (χ0n) is 22.7. The monoisotopic (exact) mass is 526 g/mol. The first-order chi connectivity index (χ1) is 19.8. The van der Waals surface area contributed by atoms with Crippen molar-refractivity contribution >= 4 is 0 Å². The Kier molecular flexibility index (Phi) is 8.10. The second kappa shape index (κ2) is 12.6.